The fraction of sp³-hybridized carbons (Fsp3) is 0.429. The molecule has 0 fully saturated rings. The topological polar surface area (TPSA) is 53.1 Å². The van der Waals surface area contributed by atoms with Gasteiger partial charge in [0.15, 0.2) is 0 Å². The molecule has 0 saturated carbocycles. The lowest BCUT2D eigenvalue weighted by molar-refractivity contribution is 0.159. The first-order valence-electron chi connectivity index (χ1n) is 3.46. The first-order chi connectivity index (χ1) is 5.65. The fourth-order valence-corrected chi connectivity index (χ4v) is 1.22. The van der Waals surface area contributed by atoms with Crippen LogP contribution in [0.2, 0.25) is 0 Å². The summed E-state index contributed by atoms with van der Waals surface area (Å²) >= 11 is 4.82. The van der Waals surface area contributed by atoms with E-state index in [1.165, 1.54) is 0 Å². The summed E-state index contributed by atoms with van der Waals surface area (Å²) in [6.45, 7) is 0. The van der Waals surface area contributed by atoms with Crippen molar-refractivity contribution in [2.45, 2.75) is 6.10 Å². The summed E-state index contributed by atoms with van der Waals surface area (Å²) in [6, 6.07) is 0. The lowest BCUT2D eigenvalue weighted by Crippen LogP contribution is -2.20. The molecular formula is C7H11N3OS. The van der Waals surface area contributed by atoms with E-state index < -0.39 is 0 Å². The molecule has 0 aliphatic rings. The van der Waals surface area contributed by atoms with Gasteiger partial charge in [-0.3, -0.25) is 4.68 Å². The Balaban J connectivity index is 2.87. The number of nitrogens with zero attached hydrogens (tertiary/aromatic N) is 2. The molecule has 0 spiro atoms. The van der Waals surface area contributed by atoms with Crippen molar-refractivity contribution in [1.82, 2.24) is 9.78 Å². The first-order valence-corrected chi connectivity index (χ1v) is 3.86. The molecule has 1 aromatic heterocycles. The first kappa shape index (κ1) is 9.15. The largest absolute Gasteiger partial charge is 0.391 e. The number of ether oxygens (including phenoxy) is 1. The number of rotatable bonds is 3. The normalized spacial score (nSPS) is 12.8. The van der Waals surface area contributed by atoms with Gasteiger partial charge in [-0.1, -0.05) is 12.2 Å². The van der Waals surface area contributed by atoms with E-state index in [0.29, 0.717) is 4.99 Å². The highest BCUT2D eigenvalue weighted by Crippen LogP contribution is 2.15. The van der Waals surface area contributed by atoms with Crippen LogP contribution >= 0.6 is 12.2 Å². The molecular weight excluding hydrogens is 174 g/mol. The molecule has 5 heteroatoms. The van der Waals surface area contributed by atoms with Crippen LogP contribution in [0, 0.1) is 0 Å². The third kappa shape index (κ3) is 1.80. The highest BCUT2D eigenvalue weighted by molar-refractivity contribution is 7.80. The highest BCUT2D eigenvalue weighted by Gasteiger charge is 2.14. The summed E-state index contributed by atoms with van der Waals surface area (Å²) in [5, 5.41) is 3.99. The third-order valence-electron chi connectivity index (χ3n) is 1.52. The van der Waals surface area contributed by atoms with E-state index in [9.17, 15) is 0 Å². The molecule has 1 aromatic rings. The van der Waals surface area contributed by atoms with Crippen molar-refractivity contribution in [2.75, 3.05) is 7.11 Å². The zero-order chi connectivity index (χ0) is 9.14. The minimum absolute atomic E-state index is 0.325. The summed E-state index contributed by atoms with van der Waals surface area (Å²) in [6.07, 6.45) is 3.19. The minimum Gasteiger partial charge on any atom is -0.391 e. The molecule has 1 rings (SSSR count). The number of hydrogen-bond donors (Lipinski definition) is 1. The van der Waals surface area contributed by atoms with E-state index in [1.54, 1.807) is 18.0 Å². The van der Waals surface area contributed by atoms with E-state index in [-0.39, 0.29) is 6.10 Å². The fourth-order valence-electron chi connectivity index (χ4n) is 0.992. The van der Waals surface area contributed by atoms with E-state index in [1.807, 2.05) is 13.2 Å². The van der Waals surface area contributed by atoms with Crippen LogP contribution in [0.4, 0.5) is 0 Å². The minimum atomic E-state index is -0.325. The second-order valence-electron chi connectivity index (χ2n) is 2.47. The maximum atomic E-state index is 5.46. The molecule has 0 aromatic carbocycles. The van der Waals surface area contributed by atoms with Gasteiger partial charge >= 0.3 is 0 Å². The summed E-state index contributed by atoms with van der Waals surface area (Å²) in [5.74, 6) is 0. The van der Waals surface area contributed by atoms with Crippen LogP contribution in [0.5, 0.6) is 0 Å². The Morgan fingerprint density at radius 2 is 2.50 bits per heavy atom. The van der Waals surface area contributed by atoms with Crippen molar-refractivity contribution in [3.63, 3.8) is 0 Å². The molecule has 2 N–H and O–H groups in total. The molecule has 0 radical (unpaired) electrons. The lowest BCUT2D eigenvalue weighted by Gasteiger charge is -2.10. The van der Waals surface area contributed by atoms with Gasteiger partial charge in [0.2, 0.25) is 0 Å². The summed E-state index contributed by atoms with van der Waals surface area (Å²) in [7, 11) is 3.40. The molecule has 4 nitrogen and oxygen atoms in total. The van der Waals surface area contributed by atoms with Crippen LogP contribution in [0.15, 0.2) is 12.4 Å². The third-order valence-corrected chi connectivity index (χ3v) is 1.74. The van der Waals surface area contributed by atoms with Gasteiger partial charge in [-0.15, -0.1) is 0 Å². The van der Waals surface area contributed by atoms with Gasteiger partial charge in [-0.05, 0) is 0 Å². The van der Waals surface area contributed by atoms with E-state index >= 15 is 0 Å². The van der Waals surface area contributed by atoms with Crippen LogP contribution in [-0.4, -0.2) is 21.9 Å². The molecule has 0 aliphatic heterocycles. The van der Waals surface area contributed by atoms with Crippen molar-refractivity contribution in [3.05, 3.63) is 18.0 Å². The Hall–Kier alpha value is -0.940. The maximum absolute atomic E-state index is 5.46. The second kappa shape index (κ2) is 3.64. The average Bonchev–Trinajstić information content (AvgIpc) is 2.37. The number of thiocarbonyl (C=S) groups is 1. The van der Waals surface area contributed by atoms with Gasteiger partial charge < -0.3 is 10.5 Å². The van der Waals surface area contributed by atoms with Crippen LogP contribution in [0.3, 0.4) is 0 Å². The smallest absolute Gasteiger partial charge is 0.135 e. The Morgan fingerprint density at radius 1 is 1.83 bits per heavy atom. The Morgan fingerprint density at radius 3 is 2.83 bits per heavy atom. The predicted octanol–water partition coefficient (Wildman–Crippen LogP) is 0.394. The van der Waals surface area contributed by atoms with E-state index in [0.717, 1.165) is 5.56 Å². The van der Waals surface area contributed by atoms with Crippen molar-refractivity contribution in [3.8, 4) is 0 Å². The highest BCUT2D eigenvalue weighted by atomic mass is 32.1. The van der Waals surface area contributed by atoms with Gasteiger partial charge in [0.05, 0.1) is 6.20 Å². The molecule has 1 unspecified atom stereocenters. The zero-order valence-electron chi connectivity index (χ0n) is 7.02. The van der Waals surface area contributed by atoms with Gasteiger partial charge in [-0.2, -0.15) is 5.10 Å². The summed E-state index contributed by atoms with van der Waals surface area (Å²) in [5.41, 5.74) is 6.34. The average molecular weight is 185 g/mol. The summed E-state index contributed by atoms with van der Waals surface area (Å²) < 4.78 is 6.77. The van der Waals surface area contributed by atoms with Crippen LogP contribution in [0.1, 0.15) is 11.7 Å². The zero-order valence-corrected chi connectivity index (χ0v) is 7.84. The van der Waals surface area contributed by atoms with Gasteiger partial charge in [0.25, 0.3) is 0 Å². The van der Waals surface area contributed by atoms with Crippen molar-refractivity contribution in [2.24, 2.45) is 12.8 Å². The van der Waals surface area contributed by atoms with Crippen LogP contribution < -0.4 is 5.73 Å². The number of hydrogen-bond acceptors (Lipinski definition) is 3. The Labute approximate surface area is 76.3 Å². The predicted molar refractivity (Wildman–Crippen MR) is 49.7 cm³/mol. The van der Waals surface area contributed by atoms with Crippen LogP contribution in [0.25, 0.3) is 0 Å². The SMILES string of the molecule is COC(C(N)=S)c1cnn(C)c1. The maximum Gasteiger partial charge on any atom is 0.135 e. The van der Waals surface area contributed by atoms with Crippen molar-refractivity contribution in [1.29, 1.82) is 0 Å². The van der Waals surface area contributed by atoms with Crippen molar-refractivity contribution >= 4 is 17.2 Å². The number of nitrogens with two attached hydrogens (primary N) is 1. The molecule has 1 atom stereocenters. The second-order valence-corrected chi connectivity index (χ2v) is 2.94. The van der Waals surface area contributed by atoms with Crippen LogP contribution in [-0.2, 0) is 11.8 Å². The quantitative estimate of drug-likeness (QED) is 0.692. The van der Waals surface area contributed by atoms with E-state index in [4.69, 9.17) is 22.7 Å². The molecule has 12 heavy (non-hydrogen) atoms. The standard InChI is InChI=1S/C7H11N3OS/c1-10-4-5(3-9-10)6(11-2)7(8)12/h3-4,6H,1-2H3,(H2,8,12). The Bertz CT molecular complexity index is 284. The molecule has 0 aliphatic carbocycles. The lowest BCUT2D eigenvalue weighted by atomic mass is 10.2. The molecule has 0 bridgehead atoms. The van der Waals surface area contributed by atoms with Gasteiger partial charge in [0.1, 0.15) is 11.1 Å². The molecule has 0 amide bonds. The summed E-state index contributed by atoms with van der Waals surface area (Å²) in [4.78, 5) is 0.325. The number of aryl methyl sites for hydroxylation is 1. The Kier molecular flexibility index (Phi) is 2.78. The number of aromatic nitrogens is 2. The molecule has 1 heterocycles. The number of methoxy groups -OCH3 is 1. The van der Waals surface area contributed by atoms with E-state index in [2.05, 4.69) is 5.10 Å². The monoisotopic (exact) mass is 185 g/mol. The van der Waals surface area contributed by atoms with Crippen molar-refractivity contribution < 1.29 is 4.74 Å². The van der Waals surface area contributed by atoms with Gasteiger partial charge in [-0.25, -0.2) is 0 Å². The molecule has 0 saturated heterocycles. The van der Waals surface area contributed by atoms with Gasteiger partial charge in [0, 0.05) is 25.9 Å². The molecule has 66 valence electrons.